The van der Waals surface area contributed by atoms with Crippen molar-refractivity contribution >= 4 is 35.0 Å². The molecule has 0 aromatic heterocycles. The molecule has 0 heterocycles. The number of hydrogen-bond donors (Lipinski definition) is 2. The van der Waals surface area contributed by atoms with Gasteiger partial charge in [-0.3, -0.25) is 4.79 Å². The summed E-state index contributed by atoms with van der Waals surface area (Å²) in [6.45, 7) is 1.88. The molecule has 1 atom stereocenters. The summed E-state index contributed by atoms with van der Waals surface area (Å²) in [5, 5.41) is 11.7. The van der Waals surface area contributed by atoms with Crippen LogP contribution in [0.5, 0.6) is 0 Å². The van der Waals surface area contributed by atoms with Crippen LogP contribution in [0.25, 0.3) is 0 Å². The molecular formula is C11H14ClNO2S. The highest BCUT2D eigenvalue weighted by Gasteiger charge is 2.13. The van der Waals surface area contributed by atoms with Crippen LogP contribution < -0.4 is 5.32 Å². The summed E-state index contributed by atoms with van der Waals surface area (Å²) >= 11 is 7.32. The molecule has 0 aliphatic heterocycles. The van der Waals surface area contributed by atoms with Crippen LogP contribution in [0.3, 0.4) is 0 Å². The van der Waals surface area contributed by atoms with Crippen molar-refractivity contribution < 1.29 is 9.90 Å². The number of nitrogens with one attached hydrogen (secondary N) is 1. The second-order valence-corrected chi connectivity index (χ2v) is 5.06. The number of aliphatic hydroxyl groups is 1. The van der Waals surface area contributed by atoms with Crippen LogP contribution in [-0.2, 0) is 4.79 Å². The molecule has 0 fully saturated rings. The third-order valence-corrected chi connectivity index (χ3v) is 3.42. The normalized spacial score (nSPS) is 12.2. The Morgan fingerprint density at radius 2 is 2.25 bits per heavy atom. The average molecular weight is 260 g/mol. The van der Waals surface area contributed by atoms with Gasteiger partial charge in [-0.25, -0.2) is 0 Å². The third kappa shape index (κ3) is 4.04. The molecule has 0 radical (unpaired) electrons. The van der Waals surface area contributed by atoms with Gasteiger partial charge in [0.25, 0.3) is 0 Å². The molecule has 1 rings (SSSR count). The van der Waals surface area contributed by atoms with Crippen molar-refractivity contribution in [1.29, 1.82) is 0 Å². The first-order valence-electron chi connectivity index (χ1n) is 4.93. The molecule has 1 amide bonds. The van der Waals surface area contributed by atoms with Gasteiger partial charge >= 0.3 is 0 Å². The summed E-state index contributed by atoms with van der Waals surface area (Å²) in [7, 11) is 0. The number of para-hydroxylation sites is 1. The van der Waals surface area contributed by atoms with E-state index >= 15 is 0 Å². The number of thioether (sulfide) groups is 1. The predicted molar refractivity (Wildman–Crippen MR) is 69.1 cm³/mol. The summed E-state index contributed by atoms with van der Waals surface area (Å²) in [6, 6.07) is 7.10. The molecule has 0 saturated heterocycles. The highest BCUT2D eigenvalue weighted by atomic mass is 35.5. The second-order valence-electron chi connectivity index (χ2n) is 3.21. The van der Waals surface area contributed by atoms with E-state index in [1.807, 2.05) is 12.1 Å². The lowest BCUT2D eigenvalue weighted by atomic mass is 10.3. The van der Waals surface area contributed by atoms with Crippen LogP contribution in [0, 0.1) is 0 Å². The average Bonchev–Trinajstić information content (AvgIpc) is 2.28. The molecule has 3 nitrogen and oxygen atoms in total. The fourth-order valence-electron chi connectivity index (χ4n) is 1.10. The maximum Gasteiger partial charge on any atom is 0.237 e. The van der Waals surface area contributed by atoms with E-state index in [9.17, 15) is 4.79 Å². The van der Waals surface area contributed by atoms with Crippen LogP contribution in [0.2, 0.25) is 5.02 Å². The number of benzene rings is 1. The fraction of sp³-hybridized carbons (Fsp3) is 0.364. The van der Waals surface area contributed by atoms with Crippen molar-refractivity contribution in [3.8, 4) is 0 Å². The monoisotopic (exact) mass is 259 g/mol. The van der Waals surface area contributed by atoms with Gasteiger partial charge in [-0.15, -0.1) is 11.8 Å². The van der Waals surface area contributed by atoms with Gasteiger partial charge in [-0.05, 0) is 19.1 Å². The highest BCUT2D eigenvalue weighted by molar-refractivity contribution is 8.00. The van der Waals surface area contributed by atoms with E-state index in [1.54, 1.807) is 19.1 Å². The van der Waals surface area contributed by atoms with Crippen LogP contribution in [0.4, 0.5) is 5.69 Å². The maximum absolute atomic E-state index is 11.7. The topological polar surface area (TPSA) is 49.3 Å². The standard InChI is InChI=1S/C11H14ClNO2S/c1-8(16-7-6-14)11(15)13-10-5-3-2-4-9(10)12/h2-5,8,14H,6-7H2,1H3,(H,13,15). The summed E-state index contributed by atoms with van der Waals surface area (Å²) < 4.78 is 0. The molecule has 1 aromatic carbocycles. The zero-order valence-electron chi connectivity index (χ0n) is 8.94. The number of carbonyl (C=O) groups excluding carboxylic acids is 1. The molecule has 1 unspecified atom stereocenters. The van der Waals surface area contributed by atoms with Gasteiger partial charge in [0.15, 0.2) is 0 Å². The fourth-order valence-corrected chi connectivity index (χ4v) is 1.95. The second kappa shape index (κ2) is 6.78. The van der Waals surface area contributed by atoms with Gasteiger partial charge < -0.3 is 10.4 Å². The zero-order valence-corrected chi connectivity index (χ0v) is 10.5. The van der Waals surface area contributed by atoms with E-state index in [2.05, 4.69) is 5.32 Å². The molecule has 88 valence electrons. The van der Waals surface area contributed by atoms with Crippen LogP contribution >= 0.6 is 23.4 Å². The molecule has 0 aliphatic carbocycles. The first-order valence-corrected chi connectivity index (χ1v) is 6.35. The van der Waals surface area contributed by atoms with Crippen LogP contribution in [-0.4, -0.2) is 28.6 Å². The predicted octanol–water partition coefficient (Wildman–Crippen LogP) is 2.39. The Balaban J connectivity index is 2.54. The van der Waals surface area contributed by atoms with Gasteiger partial charge in [-0.1, -0.05) is 23.7 Å². The van der Waals surface area contributed by atoms with Crippen molar-refractivity contribution in [3.05, 3.63) is 29.3 Å². The Morgan fingerprint density at radius 3 is 2.88 bits per heavy atom. The summed E-state index contributed by atoms with van der Waals surface area (Å²) in [5.74, 6) is 0.448. The minimum absolute atomic E-state index is 0.0778. The Kier molecular flexibility index (Phi) is 5.66. The SMILES string of the molecule is CC(SCCO)C(=O)Nc1ccccc1Cl. The molecule has 0 bridgehead atoms. The lowest BCUT2D eigenvalue weighted by molar-refractivity contribution is -0.115. The smallest absolute Gasteiger partial charge is 0.237 e. The zero-order chi connectivity index (χ0) is 12.0. The maximum atomic E-state index is 11.7. The summed E-state index contributed by atoms with van der Waals surface area (Å²) in [5.41, 5.74) is 0.616. The van der Waals surface area contributed by atoms with E-state index in [1.165, 1.54) is 11.8 Å². The molecule has 1 aromatic rings. The molecule has 0 aliphatic rings. The quantitative estimate of drug-likeness (QED) is 0.854. The lowest BCUT2D eigenvalue weighted by Crippen LogP contribution is -2.23. The van der Waals surface area contributed by atoms with E-state index in [0.717, 1.165) is 0 Å². The van der Waals surface area contributed by atoms with Crippen LogP contribution in [0.15, 0.2) is 24.3 Å². The molecule has 0 spiro atoms. The molecule has 16 heavy (non-hydrogen) atoms. The number of aliphatic hydroxyl groups excluding tert-OH is 1. The Morgan fingerprint density at radius 1 is 1.56 bits per heavy atom. The summed E-state index contributed by atoms with van der Waals surface area (Å²) in [6.07, 6.45) is 0. The van der Waals surface area contributed by atoms with Crippen molar-refractivity contribution in [1.82, 2.24) is 0 Å². The van der Waals surface area contributed by atoms with E-state index in [0.29, 0.717) is 16.5 Å². The Hall–Kier alpha value is -0.710. The van der Waals surface area contributed by atoms with Gasteiger partial charge in [0.1, 0.15) is 0 Å². The van der Waals surface area contributed by atoms with Crippen molar-refractivity contribution in [2.24, 2.45) is 0 Å². The van der Waals surface area contributed by atoms with Gasteiger partial charge in [0.2, 0.25) is 5.91 Å². The van der Waals surface area contributed by atoms with Crippen molar-refractivity contribution in [2.45, 2.75) is 12.2 Å². The minimum atomic E-state index is -0.205. The van der Waals surface area contributed by atoms with E-state index < -0.39 is 0 Å². The lowest BCUT2D eigenvalue weighted by Gasteiger charge is -2.12. The third-order valence-electron chi connectivity index (χ3n) is 1.96. The number of halogens is 1. The van der Waals surface area contributed by atoms with E-state index in [-0.39, 0.29) is 17.8 Å². The molecule has 0 saturated carbocycles. The number of hydrogen-bond acceptors (Lipinski definition) is 3. The molecule has 2 N–H and O–H groups in total. The molecule has 5 heteroatoms. The molecular weight excluding hydrogens is 246 g/mol. The first kappa shape index (κ1) is 13.4. The largest absolute Gasteiger partial charge is 0.396 e. The van der Waals surface area contributed by atoms with Crippen LogP contribution in [0.1, 0.15) is 6.92 Å². The van der Waals surface area contributed by atoms with Gasteiger partial charge in [0, 0.05) is 5.75 Å². The number of rotatable bonds is 5. The Labute approximate surface area is 104 Å². The number of amides is 1. The highest BCUT2D eigenvalue weighted by Crippen LogP contribution is 2.21. The van der Waals surface area contributed by atoms with Crippen molar-refractivity contribution in [3.63, 3.8) is 0 Å². The van der Waals surface area contributed by atoms with Crippen molar-refractivity contribution in [2.75, 3.05) is 17.7 Å². The number of anilines is 1. The summed E-state index contributed by atoms with van der Waals surface area (Å²) in [4.78, 5) is 11.7. The van der Waals surface area contributed by atoms with Gasteiger partial charge in [0.05, 0.1) is 22.6 Å². The minimum Gasteiger partial charge on any atom is -0.396 e. The number of carbonyl (C=O) groups is 1. The van der Waals surface area contributed by atoms with Gasteiger partial charge in [-0.2, -0.15) is 0 Å². The van der Waals surface area contributed by atoms with E-state index in [4.69, 9.17) is 16.7 Å². The Bertz CT molecular complexity index is 360. The first-order chi connectivity index (χ1) is 7.65.